The fraction of sp³-hybridized carbons (Fsp3) is 0.400. The first-order chi connectivity index (χ1) is 6.20. The van der Waals surface area contributed by atoms with Gasteiger partial charge in [-0.2, -0.15) is 0 Å². The van der Waals surface area contributed by atoms with Gasteiger partial charge >= 0.3 is 0 Å². The van der Waals surface area contributed by atoms with E-state index >= 15 is 0 Å². The summed E-state index contributed by atoms with van der Waals surface area (Å²) in [6.07, 6.45) is 1.09. The standard InChI is InChI=1S/C10H12ClNO/c1-6-8(11)3-2-7(10(6)13)9-4-5-12-9/h2-3,9,12-13H,4-5H2,1H3/t9-/m1/s1. The second-order valence-corrected chi connectivity index (χ2v) is 3.81. The van der Waals surface area contributed by atoms with Crippen molar-refractivity contribution in [1.29, 1.82) is 0 Å². The van der Waals surface area contributed by atoms with Gasteiger partial charge < -0.3 is 10.4 Å². The summed E-state index contributed by atoms with van der Waals surface area (Å²) in [7, 11) is 0. The fourth-order valence-electron chi connectivity index (χ4n) is 1.53. The summed E-state index contributed by atoms with van der Waals surface area (Å²) >= 11 is 5.87. The second-order valence-electron chi connectivity index (χ2n) is 3.41. The second kappa shape index (κ2) is 3.20. The molecule has 70 valence electrons. The highest BCUT2D eigenvalue weighted by molar-refractivity contribution is 6.31. The summed E-state index contributed by atoms with van der Waals surface area (Å²) in [4.78, 5) is 0. The molecule has 0 bridgehead atoms. The number of rotatable bonds is 1. The van der Waals surface area contributed by atoms with Crippen LogP contribution in [0, 0.1) is 6.92 Å². The molecule has 1 heterocycles. The van der Waals surface area contributed by atoms with Crippen LogP contribution in [-0.2, 0) is 0 Å². The molecule has 1 atom stereocenters. The molecule has 0 radical (unpaired) electrons. The van der Waals surface area contributed by atoms with Crippen molar-refractivity contribution in [2.75, 3.05) is 6.54 Å². The Hall–Kier alpha value is -0.730. The first-order valence-electron chi connectivity index (χ1n) is 4.41. The van der Waals surface area contributed by atoms with E-state index < -0.39 is 0 Å². The summed E-state index contributed by atoms with van der Waals surface area (Å²) in [5.41, 5.74) is 1.74. The number of phenolic OH excluding ortho intramolecular Hbond substituents is 1. The van der Waals surface area contributed by atoms with Crippen LogP contribution in [-0.4, -0.2) is 11.7 Å². The monoisotopic (exact) mass is 197 g/mol. The zero-order valence-electron chi connectivity index (χ0n) is 7.47. The Bertz CT molecular complexity index is 334. The quantitative estimate of drug-likeness (QED) is 0.725. The van der Waals surface area contributed by atoms with E-state index in [0.717, 1.165) is 24.1 Å². The summed E-state index contributed by atoms with van der Waals surface area (Å²) in [6.45, 7) is 2.87. The highest BCUT2D eigenvalue weighted by Gasteiger charge is 2.22. The van der Waals surface area contributed by atoms with Crippen molar-refractivity contribution in [3.8, 4) is 5.75 Å². The van der Waals surface area contributed by atoms with Gasteiger partial charge in [-0.15, -0.1) is 0 Å². The van der Waals surface area contributed by atoms with Crippen LogP contribution in [0.1, 0.15) is 23.6 Å². The number of aromatic hydroxyl groups is 1. The van der Waals surface area contributed by atoms with Gasteiger partial charge in [0.1, 0.15) is 5.75 Å². The van der Waals surface area contributed by atoms with Crippen LogP contribution in [0.3, 0.4) is 0 Å². The minimum absolute atomic E-state index is 0.316. The van der Waals surface area contributed by atoms with Crippen molar-refractivity contribution in [2.24, 2.45) is 0 Å². The summed E-state index contributed by atoms with van der Waals surface area (Å²) < 4.78 is 0. The first-order valence-corrected chi connectivity index (χ1v) is 4.79. The van der Waals surface area contributed by atoms with Crippen LogP contribution in [0.15, 0.2) is 12.1 Å². The minimum Gasteiger partial charge on any atom is -0.507 e. The largest absolute Gasteiger partial charge is 0.507 e. The Morgan fingerprint density at radius 3 is 2.77 bits per heavy atom. The fourth-order valence-corrected chi connectivity index (χ4v) is 1.68. The lowest BCUT2D eigenvalue weighted by Crippen LogP contribution is -2.34. The van der Waals surface area contributed by atoms with Crippen molar-refractivity contribution in [3.63, 3.8) is 0 Å². The average Bonchev–Trinajstić information content (AvgIpc) is 2.03. The number of hydrogen-bond acceptors (Lipinski definition) is 2. The van der Waals surface area contributed by atoms with E-state index in [1.165, 1.54) is 0 Å². The third-order valence-electron chi connectivity index (χ3n) is 2.60. The molecule has 1 fully saturated rings. The Morgan fingerprint density at radius 2 is 2.23 bits per heavy atom. The third kappa shape index (κ3) is 1.40. The molecule has 2 N–H and O–H groups in total. The van der Waals surface area contributed by atoms with Gasteiger partial charge in [0.25, 0.3) is 0 Å². The lowest BCUT2D eigenvalue weighted by atomic mass is 9.95. The van der Waals surface area contributed by atoms with Gasteiger partial charge in [-0.3, -0.25) is 0 Å². The van der Waals surface area contributed by atoms with E-state index in [4.69, 9.17) is 11.6 Å². The molecule has 1 aromatic carbocycles. The maximum atomic E-state index is 9.79. The molecule has 3 heteroatoms. The van der Waals surface area contributed by atoms with E-state index in [0.29, 0.717) is 16.8 Å². The minimum atomic E-state index is 0.316. The smallest absolute Gasteiger partial charge is 0.124 e. The predicted molar refractivity (Wildman–Crippen MR) is 53.2 cm³/mol. The molecule has 1 aliphatic heterocycles. The molecule has 0 saturated carbocycles. The molecule has 2 nitrogen and oxygen atoms in total. The Kier molecular flexibility index (Phi) is 2.18. The van der Waals surface area contributed by atoms with E-state index in [1.54, 1.807) is 0 Å². The van der Waals surface area contributed by atoms with Crippen molar-refractivity contribution < 1.29 is 5.11 Å². The van der Waals surface area contributed by atoms with Crippen LogP contribution >= 0.6 is 11.6 Å². The Labute approximate surface area is 82.5 Å². The Balaban J connectivity index is 2.41. The van der Waals surface area contributed by atoms with Gasteiger partial charge in [-0.05, 0) is 26.0 Å². The van der Waals surface area contributed by atoms with Gasteiger partial charge in [0.15, 0.2) is 0 Å². The van der Waals surface area contributed by atoms with Crippen LogP contribution < -0.4 is 5.32 Å². The molecule has 0 unspecified atom stereocenters. The molecule has 0 aliphatic carbocycles. The summed E-state index contributed by atoms with van der Waals surface area (Å²) in [5.74, 6) is 0.338. The van der Waals surface area contributed by atoms with Gasteiger partial charge in [0.05, 0.1) is 0 Å². The highest BCUT2D eigenvalue weighted by Crippen LogP contribution is 2.35. The first kappa shape index (κ1) is 8.85. The average molecular weight is 198 g/mol. The molecular formula is C10H12ClNO. The third-order valence-corrected chi connectivity index (χ3v) is 3.00. The molecule has 2 rings (SSSR count). The van der Waals surface area contributed by atoms with E-state index in [9.17, 15) is 5.11 Å². The van der Waals surface area contributed by atoms with Gasteiger partial charge in [-0.25, -0.2) is 0 Å². The molecular weight excluding hydrogens is 186 g/mol. The molecule has 0 aromatic heterocycles. The molecule has 1 saturated heterocycles. The van der Waals surface area contributed by atoms with Crippen molar-refractivity contribution in [2.45, 2.75) is 19.4 Å². The molecule has 0 spiro atoms. The summed E-state index contributed by atoms with van der Waals surface area (Å²) in [5, 5.41) is 13.7. The van der Waals surface area contributed by atoms with Crippen molar-refractivity contribution in [3.05, 3.63) is 28.3 Å². The maximum Gasteiger partial charge on any atom is 0.124 e. The van der Waals surface area contributed by atoms with Gasteiger partial charge in [-0.1, -0.05) is 17.7 Å². The molecule has 13 heavy (non-hydrogen) atoms. The number of phenols is 1. The highest BCUT2D eigenvalue weighted by atomic mass is 35.5. The molecule has 1 aliphatic rings. The van der Waals surface area contributed by atoms with Crippen LogP contribution in [0.2, 0.25) is 5.02 Å². The molecule has 1 aromatic rings. The maximum absolute atomic E-state index is 9.79. The predicted octanol–water partition coefficient (Wildman–Crippen LogP) is 2.39. The van der Waals surface area contributed by atoms with Crippen LogP contribution in [0.4, 0.5) is 0 Å². The lowest BCUT2D eigenvalue weighted by molar-refractivity contribution is 0.363. The van der Waals surface area contributed by atoms with Gasteiger partial charge in [0.2, 0.25) is 0 Å². The number of nitrogens with one attached hydrogen (secondary N) is 1. The zero-order valence-corrected chi connectivity index (χ0v) is 8.23. The van der Waals surface area contributed by atoms with Crippen LogP contribution in [0.25, 0.3) is 0 Å². The SMILES string of the molecule is Cc1c(Cl)ccc([C@H]2CCN2)c1O. The van der Waals surface area contributed by atoms with E-state index in [-0.39, 0.29) is 0 Å². The van der Waals surface area contributed by atoms with Crippen molar-refractivity contribution >= 4 is 11.6 Å². The zero-order chi connectivity index (χ0) is 9.42. The summed E-state index contributed by atoms with van der Waals surface area (Å²) in [6, 6.07) is 4.05. The number of hydrogen-bond donors (Lipinski definition) is 2. The number of benzene rings is 1. The Morgan fingerprint density at radius 1 is 1.54 bits per heavy atom. The van der Waals surface area contributed by atoms with Gasteiger partial charge in [0, 0.05) is 22.2 Å². The van der Waals surface area contributed by atoms with E-state index in [2.05, 4.69) is 5.32 Å². The molecule has 0 amide bonds. The van der Waals surface area contributed by atoms with Crippen LogP contribution in [0.5, 0.6) is 5.75 Å². The van der Waals surface area contributed by atoms with Crippen molar-refractivity contribution in [1.82, 2.24) is 5.32 Å². The number of halogens is 1. The topological polar surface area (TPSA) is 32.3 Å². The lowest BCUT2D eigenvalue weighted by Gasteiger charge is -2.29. The normalized spacial score (nSPS) is 21.2. The van der Waals surface area contributed by atoms with E-state index in [1.807, 2.05) is 19.1 Å².